The molecule has 0 aliphatic heterocycles. The zero-order valence-electron chi connectivity index (χ0n) is 15.8. The van der Waals surface area contributed by atoms with Crippen LogP contribution in [0.4, 0.5) is 0 Å². The highest BCUT2D eigenvalue weighted by Crippen LogP contribution is 2.27. The Balaban J connectivity index is 1.89. The normalized spacial score (nSPS) is 12.2. The summed E-state index contributed by atoms with van der Waals surface area (Å²) in [7, 11) is 0. The van der Waals surface area contributed by atoms with Gasteiger partial charge >= 0.3 is 0 Å². The summed E-state index contributed by atoms with van der Waals surface area (Å²) in [6, 6.07) is 7.88. The predicted octanol–water partition coefficient (Wildman–Crippen LogP) is 4.47. The lowest BCUT2D eigenvalue weighted by molar-refractivity contribution is -0.120. The SMILES string of the molecule is Cc1ccc(-c2nnc(SCC(=O)NC(C)(C)CC(C)(C)C)o2)cc1. The number of benzene rings is 1. The van der Waals surface area contributed by atoms with Gasteiger partial charge in [-0.2, -0.15) is 0 Å². The van der Waals surface area contributed by atoms with Gasteiger partial charge in [-0.05, 0) is 44.7 Å². The molecule has 2 aromatic rings. The molecule has 0 aliphatic carbocycles. The number of carbonyl (C=O) groups is 1. The second-order valence-electron chi connectivity index (χ2n) is 8.20. The van der Waals surface area contributed by atoms with Crippen LogP contribution in [0.2, 0.25) is 0 Å². The van der Waals surface area contributed by atoms with Crippen LogP contribution in [-0.2, 0) is 4.79 Å². The van der Waals surface area contributed by atoms with Gasteiger partial charge in [0.1, 0.15) is 0 Å². The van der Waals surface area contributed by atoms with Gasteiger partial charge in [0.05, 0.1) is 5.75 Å². The molecule has 25 heavy (non-hydrogen) atoms. The standard InChI is InChI=1S/C19H27N3O2S/c1-13-7-9-14(10-8-13)16-21-22-17(24-16)25-11-15(23)20-19(5,6)12-18(2,3)4/h7-10H,11-12H2,1-6H3,(H,20,23). The van der Waals surface area contributed by atoms with Crippen LogP contribution in [0.25, 0.3) is 11.5 Å². The molecule has 0 fully saturated rings. The number of nitrogens with zero attached hydrogens (tertiary/aromatic N) is 2. The van der Waals surface area contributed by atoms with E-state index in [4.69, 9.17) is 4.42 Å². The quantitative estimate of drug-likeness (QED) is 0.769. The summed E-state index contributed by atoms with van der Waals surface area (Å²) in [5, 5.41) is 11.5. The highest BCUT2D eigenvalue weighted by molar-refractivity contribution is 7.99. The summed E-state index contributed by atoms with van der Waals surface area (Å²) in [4.78, 5) is 12.2. The fourth-order valence-electron chi connectivity index (χ4n) is 2.99. The topological polar surface area (TPSA) is 68.0 Å². The average Bonchev–Trinajstić information content (AvgIpc) is 2.91. The van der Waals surface area contributed by atoms with Gasteiger partial charge < -0.3 is 9.73 Å². The summed E-state index contributed by atoms with van der Waals surface area (Å²) < 4.78 is 5.63. The molecule has 2 rings (SSSR count). The van der Waals surface area contributed by atoms with Crippen molar-refractivity contribution in [2.45, 2.75) is 58.7 Å². The third-order valence-corrected chi connectivity index (χ3v) is 4.30. The fourth-order valence-corrected chi connectivity index (χ4v) is 3.55. The molecule has 5 nitrogen and oxygen atoms in total. The molecule has 1 heterocycles. The van der Waals surface area contributed by atoms with Crippen molar-refractivity contribution in [2.75, 3.05) is 5.75 Å². The van der Waals surface area contributed by atoms with Crippen LogP contribution in [0.3, 0.4) is 0 Å². The molecule has 0 spiro atoms. The van der Waals surface area contributed by atoms with Crippen LogP contribution in [-0.4, -0.2) is 27.4 Å². The molecule has 0 radical (unpaired) electrons. The van der Waals surface area contributed by atoms with E-state index in [0.717, 1.165) is 12.0 Å². The first-order chi connectivity index (χ1) is 11.5. The number of thioether (sulfide) groups is 1. The minimum absolute atomic E-state index is 0.0330. The first-order valence-electron chi connectivity index (χ1n) is 8.38. The molecule has 0 bridgehead atoms. The van der Waals surface area contributed by atoms with E-state index < -0.39 is 0 Å². The largest absolute Gasteiger partial charge is 0.411 e. The Labute approximate surface area is 154 Å². The molecule has 136 valence electrons. The van der Waals surface area contributed by atoms with Crippen molar-refractivity contribution in [1.82, 2.24) is 15.5 Å². The van der Waals surface area contributed by atoms with Crippen LogP contribution in [0, 0.1) is 12.3 Å². The molecule has 0 atom stereocenters. The summed E-state index contributed by atoms with van der Waals surface area (Å²) in [6.45, 7) is 12.6. The van der Waals surface area contributed by atoms with E-state index in [-0.39, 0.29) is 22.6 Å². The molecular weight excluding hydrogens is 334 g/mol. The van der Waals surface area contributed by atoms with Crippen molar-refractivity contribution >= 4 is 17.7 Å². The van der Waals surface area contributed by atoms with Crippen LogP contribution in [0.15, 0.2) is 33.9 Å². The molecule has 0 unspecified atom stereocenters. The van der Waals surface area contributed by atoms with Gasteiger partial charge in [0.15, 0.2) is 0 Å². The lowest BCUT2D eigenvalue weighted by Gasteiger charge is -2.33. The Kier molecular flexibility index (Phi) is 5.93. The Bertz CT molecular complexity index is 715. The first-order valence-corrected chi connectivity index (χ1v) is 9.37. The number of hydrogen-bond donors (Lipinski definition) is 1. The van der Waals surface area contributed by atoms with Gasteiger partial charge in [-0.25, -0.2) is 0 Å². The molecule has 1 amide bonds. The van der Waals surface area contributed by atoms with Crippen LogP contribution in [0.1, 0.15) is 46.6 Å². The molecule has 0 aliphatic rings. The highest BCUT2D eigenvalue weighted by atomic mass is 32.2. The number of amides is 1. The molecule has 1 aromatic heterocycles. The van der Waals surface area contributed by atoms with E-state index in [0.29, 0.717) is 11.1 Å². The third kappa shape index (κ3) is 6.53. The minimum Gasteiger partial charge on any atom is -0.411 e. The van der Waals surface area contributed by atoms with Gasteiger partial charge in [-0.3, -0.25) is 4.79 Å². The second-order valence-corrected chi connectivity index (χ2v) is 9.12. The average molecular weight is 362 g/mol. The van der Waals surface area contributed by atoms with E-state index in [2.05, 4.69) is 36.3 Å². The lowest BCUT2D eigenvalue weighted by Crippen LogP contribution is -2.46. The minimum atomic E-state index is -0.252. The number of nitrogens with one attached hydrogen (secondary N) is 1. The first kappa shape index (κ1) is 19.5. The maximum atomic E-state index is 12.2. The number of carbonyl (C=O) groups excluding carboxylic acids is 1. The monoisotopic (exact) mass is 361 g/mol. The van der Waals surface area contributed by atoms with Crippen molar-refractivity contribution in [2.24, 2.45) is 5.41 Å². The van der Waals surface area contributed by atoms with Crippen LogP contribution in [0.5, 0.6) is 0 Å². The lowest BCUT2D eigenvalue weighted by atomic mass is 9.82. The zero-order chi connectivity index (χ0) is 18.7. The predicted molar refractivity (Wildman–Crippen MR) is 101 cm³/mol. The summed E-state index contributed by atoms with van der Waals surface area (Å²) in [5.74, 6) is 0.689. The van der Waals surface area contributed by atoms with E-state index in [1.807, 2.05) is 45.0 Å². The van der Waals surface area contributed by atoms with Gasteiger partial charge in [-0.1, -0.05) is 50.2 Å². The molecule has 1 N–H and O–H groups in total. The van der Waals surface area contributed by atoms with Crippen LogP contribution >= 0.6 is 11.8 Å². The number of rotatable bonds is 6. The van der Waals surface area contributed by atoms with Crippen molar-refractivity contribution in [1.29, 1.82) is 0 Å². The molecule has 1 aromatic carbocycles. The van der Waals surface area contributed by atoms with E-state index in [9.17, 15) is 4.79 Å². The van der Waals surface area contributed by atoms with Crippen molar-refractivity contribution in [3.63, 3.8) is 0 Å². The Morgan fingerprint density at radius 2 is 1.76 bits per heavy atom. The van der Waals surface area contributed by atoms with Gasteiger partial charge in [0.2, 0.25) is 11.8 Å². The van der Waals surface area contributed by atoms with Crippen molar-refractivity contribution in [3.8, 4) is 11.5 Å². The molecular formula is C19H27N3O2S. The second kappa shape index (κ2) is 7.60. The number of aromatic nitrogens is 2. The molecule has 6 heteroatoms. The van der Waals surface area contributed by atoms with Crippen molar-refractivity contribution in [3.05, 3.63) is 29.8 Å². The number of aryl methyl sites for hydroxylation is 1. The van der Waals surface area contributed by atoms with Gasteiger partial charge in [0, 0.05) is 11.1 Å². The van der Waals surface area contributed by atoms with Gasteiger partial charge in [0.25, 0.3) is 5.22 Å². The summed E-state index contributed by atoms with van der Waals surface area (Å²) in [5.41, 5.74) is 1.95. The maximum Gasteiger partial charge on any atom is 0.277 e. The Hall–Kier alpha value is -1.82. The third-order valence-electron chi connectivity index (χ3n) is 3.48. The molecule has 0 saturated heterocycles. The fraction of sp³-hybridized carbons (Fsp3) is 0.526. The summed E-state index contributed by atoms with van der Waals surface area (Å²) >= 11 is 1.25. The Morgan fingerprint density at radius 1 is 1.12 bits per heavy atom. The van der Waals surface area contributed by atoms with Crippen LogP contribution < -0.4 is 5.32 Å². The van der Waals surface area contributed by atoms with Gasteiger partial charge in [-0.15, -0.1) is 10.2 Å². The smallest absolute Gasteiger partial charge is 0.277 e. The van der Waals surface area contributed by atoms with E-state index in [1.165, 1.54) is 17.3 Å². The van der Waals surface area contributed by atoms with E-state index >= 15 is 0 Å². The number of hydrogen-bond acceptors (Lipinski definition) is 5. The molecule has 0 saturated carbocycles. The maximum absolute atomic E-state index is 12.2. The van der Waals surface area contributed by atoms with Crippen molar-refractivity contribution < 1.29 is 9.21 Å². The summed E-state index contributed by atoms with van der Waals surface area (Å²) in [6.07, 6.45) is 0.897. The van der Waals surface area contributed by atoms with E-state index in [1.54, 1.807) is 0 Å². The zero-order valence-corrected chi connectivity index (χ0v) is 16.7. The highest BCUT2D eigenvalue weighted by Gasteiger charge is 2.27. The Morgan fingerprint density at radius 3 is 2.36 bits per heavy atom.